The molecule has 0 saturated heterocycles. The van der Waals surface area contributed by atoms with E-state index in [2.05, 4.69) is 25.9 Å². The molecule has 3 aromatic rings. The molecular formula is C18H13BBrF2N3O2. The number of aromatic nitrogens is 3. The molecule has 0 amide bonds. The zero-order chi connectivity index (χ0) is 19.7. The molecule has 3 heterocycles. The lowest BCUT2D eigenvalue weighted by Crippen LogP contribution is -2.22. The van der Waals surface area contributed by atoms with Gasteiger partial charge < -0.3 is 4.74 Å². The van der Waals surface area contributed by atoms with Crippen LogP contribution in [0.5, 0.6) is 5.75 Å². The molecule has 5 nitrogen and oxygen atoms in total. The van der Waals surface area contributed by atoms with E-state index in [1.807, 2.05) is 6.92 Å². The van der Waals surface area contributed by atoms with E-state index >= 15 is 0 Å². The van der Waals surface area contributed by atoms with Crippen molar-refractivity contribution in [1.82, 2.24) is 14.5 Å². The van der Waals surface area contributed by atoms with Gasteiger partial charge in [0, 0.05) is 30.1 Å². The monoisotopic (exact) mass is 431 g/mol. The molecule has 0 spiro atoms. The molecule has 0 aliphatic rings. The average molecular weight is 432 g/mol. The molecule has 0 N–H and O–H groups in total. The molecule has 0 aromatic carbocycles. The molecule has 0 saturated carbocycles. The molecular weight excluding hydrogens is 419 g/mol. The standard InChI is InChI=1S/C18H13BBrF2N3O2/c1-9-7-23-15(20)6-14(9)25-10(2)3-12(5-16(25)26)27-18(19)17-13(22)4-11(21)8-24-17/h3-8,18H,1-2H3. The first-order chi connectivity index (χ1) is 12.8. The third kappa shape index (κ3) is 4.08. The zero-order valence-electron chi connectivity index (χ0n) is 14.4. The molecule has 136 valence electrons. The smallest absolute Gasteiger partial charge is 0.259 e. The normalized spacial score (nSPS) is 12.0. The lowest BCUT2D eigenvalue weighted by Gasteiger charge is -2.18. The molecule has 2 radical (unpaired) electrons. The second kappa shape index (κ2) is 7.60. The van der Waals surface area contributed by atoms with Gasteiger partial charge in [-0.05, 0) is 41.4 Å². The van der Waals surface area contributed by atoms with Crippen LogP contribution in [0.4, 0.5) is 8.78 Å². The molecule has 27 heavy (non-hydrogen) atoms. The lowest BCUT2D eigenvalue weighted by molar-refractivity contribution is 0.274. The number of hydrogen-bond acceptors (Lipinski definition) is 4. The van der Waals surface area contributed by atoms with Gasteiger partial charge in [0.1, 0.15) is 29.7 Å². The van der Waals surface area contributed by atoms with Crippen LogP contribution in [0.2, 0.25) is 0 Å². The molecule has 1 atom stereocenters. The Labute approximate surface area is 163 Å². The van der Waals surface area contributed by atoms with E-state index in [1.54, 1.807) is 25.3 Å². The van der Waals surface area contributed by atoms with Gasteiger partial charge >= 0.3 is 0 Å². The highest BCUT2D eigenvalue weighted by atomic mass is 79.9. The SMILES string of the molecule is [B]C(Oc1cc(C)n(-c2cc(Br)ncc2C)c(=O)c1)c1ncc(F)cc1F. The van der Waals surface area contributed by atoms with E-state index in [4.69, 9.17) is 12.6 Å². The minimum absolute atomic E-state index is 0.151. The maximum absolute atomic E-state index is 13.8. The second-order valence-corrected chi connectivity index (χ2v) is 6.67. The molecule has 0 aliphatic heterocycles. The highest BCUT2D eigenvalue weighted by molar-refractivity contribution is 9.10. The second-order valence-electron chi connectivity index (χ2n) is 5.86. The highest BCUT2D eigenvalue weighted by Crippen LogP contribution is 2.23. The molecule has 0 fully saturated rings. The van der Waals surface area contributed by atoms with Crippen LogP contribution in [-0.2, 0) is 0 Å². The summed E-state index contributed by atoms with van der Waals surface area (Å²) in [6.07, 6.45) is 2.49. The summed E-state index contributed by atoms with van der Waals surface area (Å²) in [6.45, 7) is 3.56. The maximum Gasteiger partial charge on any atom is 0.259 e. The van der Waals surface area contributed by atoms with Crippen molar-refractivity contribution in [3.8, 4) is 11.4 Å². The molecule has 9 heteroatoms. The molecule has 3 aromatic heterocycles. The van der Waals surface area contributed by atoms with Gasteiger partial charge in [-0.3, -0.25) is 14.3 Å². The van der Waals surface area contributed by atoms with E-state index < -0.39 is 17.6 Å². The van der Waals surface area contributed by atoms with Crippen molar-refractivity contribution in [2.75, 3.05) is 0 Å². The largest absolute Gasteiger partial charge is 0.494 e. The van der Waals surface area contributed by atoms with Crippen LogP contribution < -0.4 is 10.3 Å². The van der Waals surface area contributed by atoms with E-state index in [9.17, 15) is 13.6 Å². The van der Waals surface area contributed by atoms with Crippen LogP contribution in [0.1, 0.15) is 23.0 Å². The summed E-state index contributed by atoms with van der Waals surface area (Å²) in [5, 5.41) is 0. The first-order valence-corrected chi connectivity index (χ1v) is 8.65. The van der Waals surface area contributed by atoms with E-state index in [-0.39, 0.29) is 17.0 Å². The Morgan fingerprint density at radius 3 is 2.56 bits per heavy atom. The predicted octanol–water partition coefficient (Wildman–Crippen LogP) is 3.53. The van der Waals surface area contributed by atoms with Gasteiger partial charge in [0.2, 0.25) is 0 Å². The molecule has 1 unspecified atom stereocenters. The quantitative estimate of drug-likeness (QED) is 0.468. The van der Waals surface area contributed by atoms with Crippen molar-refractivity contribution in [1.29, 1.82) is 0 Å². The van der Waals surface area contributed by atoms with Crippen molar-refractivity contribution < 1.29 is 13.5 Å². The Kier molecular flexibility index (Phi) is 5.41. The van der Waals surface area contributed by atoms with Gasteiger partial charge in [-0.25, -0.2) is 13.8 Å². The van der Waals surface area contributed by atoms with Crippen LogP contribution in [0.15, 0.2) is 46.1 Å². The number of aryl methyl sites for hydroxylation is 2. The fourth-order valence-electron chi connectivity index (χ4n) is 2.62. The van der Waals surface area contributed by atoms with Crippen LogP contribution in [0.25, 0.3) is 5.69 Å². The summed E-state index contributed by atoms with van der Waals surface area (Å²) in [6, 6.07) is 3.93. The summed E-state index contributed by atoms with van der Waals surface area (Å²) in [4.78, 5) is 20.4. The summed E-state index contributed by atoms with van der Waals surface area (Å²) < 4.78 is 34.3. The molecule has 3 rings (SSSR count). The van der Waals surface area contributed by atoms with Gasteiger partial charge in [-0.1, -0.05) is 0 Å². The van der Waals surface area contributed by atoms with E-state index in [0.29, 0.717) is 22.1 Å². The van der Waals surface area contributed by atoms with Crippen molar-refractivity contribution in [3.05, 3.63) is 80.2 Å². The maximum atomic E-state index is 13.8. The van der Waals surface area contributed by atoms with Gasteiger partial charge in [-0.2, -0.15) is 0 Å². The number of hydrogen-bond donors (Lipinski definition) is 0. The third-order valence-corrected chi connectivity index (χ3v) is 4.27. The Balaban J connectivity index is 1.95. The van der Waals surface area contributed by atoms with Gasteiger partial charge in [0.05, 0.1) is 17.9 Å². The Hall–Kier alpha value is -2.55. The van der Waals surface area contributed by atoms with Crippen molar-refractivity contribution in [3.63, 3.8) is 0 Å². The Bertz CT molecular complexity index is 1070. The number of rotatable bonds is 4. The van der Waals surface area contributed by atoms with Crippen LogP contribution in [-0.4, -0.2) is 22.4 Å². The van der Waals surface area contributed by atoms with Gasteiger partial charge in [0.15, 0.2) is 5.82 Å². The predicted molar refractivity (Wildman–Crippen MR) is 100 cm³/mol. The average Bonchev–Trinajstić information content (AvgIpc) is 2.57. The Morgan fingerprint density at radius 2 is 1.89 bits per heavy atom. The first kappa shape index (κ1) is 19.2. The van der Waals surface area contributed by atoms with E-state index in [0.717, 1.165) is 11.8 Å². The van der Waals surface area contributed by atoms with Gasteiger partial charge in [0.25, 0.3) is 5.56 Å². The molecule has 0 bridgehead atoms. The van der Waals surface area contributed by atoms with Gasteiger partial charge in [-0.15, -0.1) is 0 Å². The zero-order valence-corrected chi connectivity index (χ0v) is 16.0. The fraction of sp³-hybridized carbons (Fsp3) is 0.167. The van der Waals surface area contributed by atoms with Crippen LogP contribution in [0.3, 0.4) is 0 Å². The summed E-state index contributed by atoms with van der Waals surface area (Å²) >= 11 is 3.29. The van der Waals surface area contributed by atoms with Crippen LogP contribution in [0, 0.1) is 25.5 Å². The number of ether oxygens (including phenoxy) is 1. The molecule has 0 aliphatic carbocycles. The Morgan fingerprint density at radius 1 is 1.15 bits per heavy atom. The summed E-state index contributed by atoms with van der Waals surface area (Å²) in [5.41, 5.74) is 1.45. The summed E-state index contributed by atoms with van der Waals surface area (Å²) in [7, 11) is 5.80. The first-order valence-electron chi connectivity index (χ1n) is 7.85. The van der Waals surface area contributed by atoms with E-state index in [1.165, 1.54) is 10.6 Å². The fourth-order valence-corrected chi connectivity index (χ4v) is 2.93. The van der Waals surface area contributed by atoms with Crippen molar-refractivity contribution in [2.24, 2.45) is 0 Å². The van der Waals surface area contributed by atoms with Crippen molar-refractivity contribution in [2.45, 2.75) is 19.9 Å². The minimum atomic E-state index is -1.29. The number of nitrogens with zero attached hydrogens (tertiary/aromatic N) is 3. The number of halogens is 3. The highest BCUT2D eigenvalue weighted by Gasteiger charge is 2.16. The van der Waals surface area contributed by atoms with Crippen molar-refractivity contribution >= 4 is 23.8 Å². The van der Waals surface area contributed by atoms with Crippen LogP contribution >= 0.6 is 15.9 Å². The third-order valence-electron chi connectivity index (χ3n) is 3.84. The summed E-state index contributed by atoms with van der Waals surface area (Å²) in [5.74, 6) is -1.59. The topological polar surface area (TPSA) is 57.0 Å². The minimum Gasteiger partial charge on any atom is -0.494 e. The number of pyridine rings is 3. The lowest BCUT2D eigenvalue weighted by atomic mass is 9.95.